The van der Waals surface area contributed by atoms with Crippen molar-refractivity contribution in [2.75, 3.05) is 14.2 Å². The van der Waals surface area contributed by atoms with Crippen LogP contribution in [0.15, 0.2) is 36.4 Å². The number of hydrogen-bond donors (Lipinski definition) is 0. The molecule has 0 spiro atoms. The van der Waals surface area contributed by atoms with Crippen LogP contribution in [0, 0.1) is 0 Å². The summed E-state index contributed by atoms with van der Waals surface area (Å²) in [6.07, 6.45) is 2.43. The second-order valence-corrected chi connectivity index (χ2v) is 8.07. The van der Waals surface area contributed by atoms with Crippen LogP contribution in [0.3, 0.4) is 0 Å². The number of rotatable bonds is 3. The zero-order valence-electron chi connectivity index (χ0n) is 15.7. The van der Waals surface area contributed by atoms with Gasteiger partial charge >= 0.3 is 0 Å². The molecule has 1 aliphatic carbocycles. The first-order valence-electron chi connectivity index (χ1n) is 8.66. The van der Waals surface area contributed by atoms with Gasteiger partial charge in [-0.15, -0.1) is 0 Å². The van der Waals surface area contributed by atoms with Gasteiger partial charge in [-0.05, 0) is 52.5 Å². The standard InChI is InChI=1S/C22H28O2/c1-21(2)12-13-22(3,4)17-14-15(10-11-16(17)21)20-18(23-5)8-7-9-19(20)24-6/h7-11,14H,12-13H2,1-6H3. The van der Waals surface area contributed by atoms with E-state index in [-0.39, 0.29) is 10.8 Å². The Morgan fingerprint density at radius 2 is 1.29 bits per heavy atom. The minimum Gasteiger partial charge on any atom is -0.496 e. The average molecular weight is 324 g/mol. The molecule has 2 nitrogen and oxygen atoms in total. The molecular formula is C22H28O2. The van der Waals surface area contributed by atoms with Crippen LogP contribution in [0.5, 0.6) is 11.5 Å². The van der Waals surface area contributed by atoms with Crippen LogP contribution < -0.4 is 9.47 Å². The minimum atomic E-state index is 0.191. The maximum Gasteiger partial charge on any atom is 0.130 e. The molecule has 0 fully saturated rings. The van der Waals surface area contributed by atoms with Crippen molar-refractivity contribution < 1.29 is 9.47 Å². The second-order valence-electron chi connectivity index (χ2n) is 8.07. The first-order chi connectivity index (χ1) is 11.3. The van der Waals surface area contributed by atoms with Gasteiger partial charge in [-0.1, -0.05) is 52.0 Å². The van der Waals surface area contributed by atoms with Gasteiger partial charge in [0.15, 0.2) is 0 Å². The molecule has 3 rings (SSSR count). The minimum absolute atomic E-state index is 0.191. The third-order valence-electron chi connectivity index (χ3n) is 5.57. The summed E-state index contributed by atoms with van der Waals surface area (Å²) >= 11 is 0. The molecule has 0 atom stereocenters. The zero-order chi connectivity index (χ0) is 17.5. The number of benzene rings is 2. The monoisotopic (exact) mass is 324 g/mol. The fourth-order valence-electron chi connectivity index (χ4n) is 3.88. The van der Waals surface area contributed by atoms with Crippen LogP contribution in [0.2, 0.25) is 0 Å². The molecule has 0 unspecified atom stereocenters. The van der Waals surface area contributed by atoms with Gasteiger partial charge in [0.1, 0.15) is 11.5 Å². The lowest BCUT2D eigenvalue weighted by Crippen LogP contribution is -2.33. The van der Waals surface area contributed by atoms with Crippen molar-refractivity contribution in [3.05, 3.63) is 47.5 Å². The molecule has 0 saturated carbocycles. The topological polar surface area (TPSA) is 18.5 Å². The Morgan fingerprint density at radius 1 is 0.750 bits per heavy atom. The Balaban J connectivity index is 2.23. The van der Waals surface area contributed by atoms with E-state index in [1.54, 1.807) is 14.2 Å². The smallest absolute Gasteiger partial charge is 0.130 e. The van der Waals surface area contributed by atoms with Crippen LogP contribution >= 0.6 is 0 Å². The van der Waals surface area contributed by atoms with Gasteiger partial charge in [0.05, 0.1) is 19.8 Å². The molecule has 1 aliphatic rings. The Bertz CT molecular complexity index is 734. The van der Waals surface area contributed by atoms with Crippen LogP contribution in [0.4, 0.5) is 0 Å². The van der Waals surface area contributed by atoms with E-state index in [2.05, 4.69) is 45.9 Å². The van der Waals surface area contributed by atoms with E-state index in [4.69, 9.17) is 9.47 Å². The quantitative estimate of drug-likeness (QED) is 0.719. The maximum atomic E-state index is 5.60. The molecule has 0 aliphatic heterocycles. The number of fused-ring (bicyclic) bond motifs is 1. The Labute approximate surface area is 145 Å². The molecule has 0 radical (unpaired) electrons. The molecule has 0 bridgehead atoms. The molecule has 0 amide bonds. The molecule has 0 heterocycles. The van der Waals surface area contributed by atoms with Gasteiger partial charge in [0.2, 0.25) is 0 Å². The molecule has 0 saturated heterocycles. The van der Waals surface area contributed by atoms with Crippen LogP contribution in [-0.2, 0) is 10.8 Å². The number of methoxy groups -OCH3 is 2. The summed E-state index contributed by atoms with van der Waals surface area (Å²) in [5.41, 5.74) is 5.53. The zero-order valence-corrected chi connectivity index (χ0v) is 15.7. The van der Waals surface area contributed by atoms with Gasteiger partial charge < -0.3 is 9.47 Å². The number of ether oxygens (including phenoxy) is 2. The first-order valence-corrected chi connectivity index (χ1v) is 8.66. The predicted octanol–water partition coefficient (Wildman–Crippen LogP) is 5.72. The highest BCUT2D eigenvalue weighted by molar-refractivity contribution is 5.78. The highest BCUT2D eigenvalue weighted by atomic mass is 16.5. The maximum absolute atomic E-state index is 5.60. The fourth-order valence-corrected chi connectivity index (χ4v) is 3.88. The largest absolute Gasteiger partial charge is 0.496 e. The average Bonchev–Trinajstić information content (AvgIpc) is 2.58. The molecule has 0 aromatic heterocycles. The van der Waals surface area contributed by atoms with E-state index in [9.17, 15) is 0 Å². The molecule has 0 N–H and O–H groups in total. The van der Waals surface area contributed by atoms with E-state index >= 15 is 0 Å². The lowest BCUT2D eigenvalue weighted by molar-refractivity contribution is 0.332. The fraction of sp³-hybridized carbons (Fsp3) is 0.455. The van der Waals surface area contributed by atoms with Crippen LogP contribution in [0.1, 0.15) is 51.7 Å². The summed E-state index contributed by atoms with van der Waals surface area (Å²) in [5, 5.41) is 0. The lowest BCUT2D eigenvalue weighted by Gasteiger charge is -2.42. The molecule has 24 heavy (non-hydrogen) atoms. The Kier molecular flexibility index (Phi) is 4.11. The molecule has 2 aromatic rings. The summed E-state index contributed by atoms with van der Waals surface area (Å²) in [4.78, 5) is 0. The lowest BCUT2D eigenvalue weighted by atomic mass is 9.63. The summed E-state index contributed by atoms with van der Waals surface area (Å²) in [6, 6.07) is 12.8. The van der Waals surface area contributed by atoms with E-state index in [1.165, 1.54) is 24.0 Å². The first kappa shape index (κ1) is 16.9. The van der Waals surface area contributed by atoms with E-state index in [1.807, 2.05) is 18.2 Å². The van der Waals surface area contributed by atoms with Gasteiger partial charge in [-0.3, -0.25) is 0 Å². The van der Waals surface area contributed by atoms with E-state index < -0.39 is 0 Å². The normalized spacial score (nSPS) is 17.9. The summed E-state index contributed by atoms with van der Waals surface area (Å²) in [5.74, 6) is 1.70. The van der Waals surface area contributed by atoms with Crippen molar-refractivity contribution >= 4 is 0 Å². The predicted molar refractivity (Wildman–Crippen MR) is 100 cm³/mol. The Morgan fingerprint density at radius 3 is 1.83 bits per heavy atom. The van der Waals surface area contributed by atoms with E-state index in [0.717, 1.165) is 22.6 Å². The molecular weight excluding hydrogens is 296 g/mol. The summed E-state index contributed by atoms with van der Waals surface area (Å²) in [7, 11) is 3.42. The van der Waals surface area contributed by atoms with Crippen molar-refractivity contribution in [2.24, 2.45) is 0 Å². The SMILES string of the molecule is COc1cccc(OC)c1-c1ccc2c(c1)C(C)(C)CCC2(C)C. The van der Waals surface area contributed by atoms with E-state index in [0.29, 0.717) is 0 Å². The highest BCUT2D eigenvalue weighted by Crippen LogP contribution is 2.48. The summed E-state index contributed by atoms with van der Waals surface area (Å²) < 4.78 is 11.2. The van der Waals surface area contributed by atoms with Gasteiger partial charge in [-0.25, -0.2) is 0 Å². The van der Waals surface area contributed by atoms with Crippen molar-refractivity contribution in [1.82, 2.24) is 0 Å². The van der Waals surface area contributed by atoms with Gasteiger partial charge in [0.25, 0.3) is 0 Å². The van der Waals surface area contributed by atoms with Crippen molar-refractivity contribution in [3.8, 4) is 22.6 Å². The van der Waals surface area contributed by atoms with Crippen LogP contribution in [-0.4, -0.2) is 14.2 Å². The van der Waals surface area contributed by atoms with Crippen molar-refractivity contribution in [2.45, 2.75) is 51.4 Å². The molecule has 2 aromatic carbocycles. The molecule has 128 valence electrons. The second kappa shape index (κ2) is 5.84. The molecule has 2 heteroatoms. The summed E-state index contributed by atoms with van der Waals surface area (Å²) in [6.45, 7) is 9.41. The van der Waals surface area contributed by atoms with Crippen LogP contribution in [0.25, 0.3) is 11.1 Å². The van der Waals surface area contributed by atoms with Crippen molar-refractivity contribution in [3.63, 3.8) is 0 Å². The third-order valence-corrected chi connectivity index (χ3v) is 5.57. The van der Waals surface area contributed by atoms with Gasteiger partial charge in [0, 0.05) is 0 Å². The number of hydrogen-bond acceptors (Lipinski definition) is 2. The third kappa shape index (κ3) is 2.68. The van der Waals surface area contributed by atoms with Crippen molar-refractivity contribution in [1.29, 1.82) is 0 Å². The highest BCUT2D eigenvalue weighted by Gasteiger charge is 2.37. The van der Waals surface area contributed by atoms with Gasteiger partial charge in [-0.2, -0.15) is 0 Å². The Hall–Kier alpha value is -1.96.